The van der Waals surface area contributed by atoms with Crippen molar-refractivity contribution in [2.75, 3.05) is 13.1 Å². The Labute approximate surface area is 168 Å². The van der Waals surface area contributed by atoms with E-state index in [1.165, 1.54) is 16.3 Å². The molecule has 1 amide bonds. The summed E-state index contributed by atoms with van der Waals surface area (Å²) in [6.07, 6.45) is 1.67. The zero-order chi connectivity index (χ0) is 20.3. The van der Waals surface area contributed by atoms with Crippen molar-refractivity contribution in [3.05, 3.63) is 58.5 Å². The molecule has 0 aliphatic carbocycles. The summed E-state index contributed by atoms with van der Waals surface area (Å²) < 4.78 is 1.51. The Balaban J connectivity index is 2.14. The third-order valence-electron chi connectivity index (χ3n) is 4.58. The lowest BCUT2D eigenvalue weighted by Gasteiger charge is -2.23. The molecule has 0 spiro atoms. The second kappa shape index (κ2) is 8.56. The summed E-state index contributed by atoms with van der Waals surface area (Å²) in [5, 5.41) is 0.622. The van der Waals surface area contributed by atoms with E-state index in [-0.39, 0.29) is 16.7 Å². The largest absolute Gasteiger partial charge is 0.342 e. The summed E-state index contributed by atoms with van der Waals surface area (Å²) >= 11 is 1.29. The first-order valence-corrected chi connectivity index (χ1v) is 10.2. The number of carbonyl (C=O) groups excluding carboxylic acids is 1. The number of fused-ring (bicyclic) bond motifs is 1. The molecule has 1 aromatic carbocycles. The molecule has 0 bridgehead atoms. The van der Waals surface area contributed by atoms with Crippen LogP contribution in [0.3, 0.4) is 0 Å². The van der Waals surface area contributed by atoms with Crippen LogP contribution < -0.4 is 5.56 Å². The van der Waals surface area contributed by atoms with Crippen LogP contribution in [0.2, 0.25) is 0 Å². The Hall–Kier alpha value is -2.67. The number of thioether (sulfide) groups is 1. The SMILES string of the molecule is CCN(CC)C(=O)C(C)Sc1nc2ccccc2c(=O)n1-c1cc(C)ccn1. The Morgan fingerprint density at radius 3 is 2.61 bits per heavy atom. The van der Waals surface area contributed by atoms with E-state index in [9.17, 15) is 9.59 Å². The lowest BCUT2D eigenvalue weighted by Crippen LogP contribution is -2.36. The molecule has 0 radical (unpaired) electrons. The highest BCUT2D eigenvalue weighted by Crippen LogP contribution is 2.25. The molecule has 28 heavy (non-hydrogen) atoms. The van der Waals surface area contributed by atoms with Crippen molar-refractivity contribution in [1.82, 2.24) is 19.4 Å². The fourth-order valence-electron chi connectivity index (χ4n) is 3.04. The first-order chi connectivity index (χ1) is 13.5. The molecule has 7 heteroatoms. The summed E-state index contributed by atoms with van der Waals surface area (Å²) in [4.78, 5) is 36.8. The number of nitrogens with zero attached hydrogens (tertiary/aromatic N) is 4. The molecule has 0 fully saturated rings. The van der Waals surface area contributed by atoms with Crippen molar-refractivity contribution in [2.24, 2.45) is 0 Å². The third-order valence-corrected chi connectivity index (χ3v) is 5.62. The Morgan fingerprint density at radius 1 is 1.21 bits per heavy atom. The molecule has 1 unspecified atom stereocenters. The van der Waals surface area contributed by atoms with Crippen molar-refractivity contribution in [3.63, 3.8) is 0 Å². The Morgan fingerprint density at radius 2 is 1.93 bits per heavy atom. The quantitative estimate of drug-likeness (QED) is 0.472. The number of para-hydroxylation sites is 1. The van der Waals surface area contributed by atoms with E-state index in [4.69, 9.17) is 4.98 Å². The maximum atomic E-state index is 13.2. The maximum absolute atomic E-state index is 13.2. The standard InChI is InChI=1S/C21H24N4O2S/c1-5-24(6-2)19(26)15(4)28-21-23-17-10-8-7-9-16(17)20(27)25(21)18-13-14(3)11-12-22-18/h7-13,15H,5-6H2,1-4H3. The summed E-state index contributed by atoms with van der Waals surface area (Å²) in [6.45, 7) is 9.01. The van der Waals surface area contributed by atoms with Crippen LogP contribution in [0.15, 0.2) is 52.5 Å². The number of pyridine rings is 1. The van der Waals surface area contributed by atoms with Gasteiger partial charge in [0.2, 0.25) is 5.91 Å². The van der Waals surface area contributed by atoms with Crippen LogP contribution in [-0.2, 0) is 4.79 Å². The first-order valence-electron chi connectivity index (χ1n) is 9.36. The minimum atomic E-state index is -0.371. The third kappa shape index (κ3) is 3.94. The van der Waals surface area contributed by atoms with Crippen molar-refractivity contribution in [2.45, 2.75) is 38.1 Å². The second-order valence-electron chi connectivity index (χ2n) is 6.51. The van der Waals surface area contributed by atoms with Crippen molar-refractivity contribution in [3.8, 4) is 5.82 Å². The van der Waals surface area contributed by atoms with Gasteiger partial charge >= 0.3 is 0 Å². The van der Waals surface area contributed by atoms with E-state index in [0.717, 1.165) is 5.56 Å². The highest BCUT2D eigenvalue weighted by Gasteiger charge is 2.23. The van der Waals surface area contributed by atoms with Gasteiger partial charge in [-0.2, -0.15) is 0 Å². The van der Waals surface area contributed by atoms with Crippen LogP contribution in [0, 0.1) is 6.92 Å². The predicted octanol–water partition coefficient (Wildman–Crippen LogP) is 3.44. The van der Waals surface area contributed by atoms with Crippen LogP contribution in [-0.4, -0.2) is 43.7 Å². The van der Waals surface area contributed by atoms with E-state index >= 15 is 0 Å². The van der Waals surface area contributed by atoms with Crippen LogP contribution in [0.25, 0.3) is 16.7 Å². The highest BCUT2D eigenvalue weighted by molar-refractivity contribution is 8.00. The average Bonchev–Trinajstić information content (AvgIpc) is 2.69. The maximum Gasteiger partial charge on any atom is 0.267 e. The summed E-state index contributed by atoms with van der Waals surface area (Å²) in [5.74, 6) is 0.536. The minimum Gasteiger partial charge on any atom is -0.342 e. The molecule has 0 saturated heterocycles. The topological polar surface area (TPSA) is 68.1 Å². The fraction of sp³-hybridized carbons (Fsp3) is 0.333. The van der Waals surface area contributed by atoms with Crippen LogP contribution in [0.1, 0.15) is 26.3 Å². The molecule has 0 aliphatic rings. The van der Waals surface area contributed by atoms with Gasteiger partial charge in [-0.05, 0) is 57.5 Å². The minimum absolute atomic E-state index is 0.0289. The monoisotopic (exact) mass is 396 g/mol. The number of hydrogen-bond donors (Lipinski definition) is 0. The smallest absolute Gasteiger partial charge is 0.267 e. The van der Waals surface area contributed by atoms with E-state index in [1.54, 1.807) is 17.2 Å². The molecule has 6 nitrogen and oxygen atoms in total. The van der Waals surface area contributed by atoms with E-state index < -0.39 is 0 Å². The van der Waals surface area contributed by atoms with Crippen molar-refractivity contribution >= 4 is 28.6 Å². The van der Waals surface area contributed by atoms with Gasteiger partial charge in [0.15, 0.2) is 5.16 Å². The van der Waals surface area contributed by atoms with E-state index in [2.05, 4.69) is 4.98 Å². The molecule has 146 valence electrons. The normalized spacial score (nSPS) is 12.1. The van der Waals surface area contributed by atoms with E-state index in [0.29, 0.717) is 35.0 Å². The van der Waals surface area contributed by atoms with Gasteiger partial charge in [-0.15, -0.1) is 0 Å². The number of hydrogen-bond acceptors (Lipinski definition) is 5. The number of benzene rings is 1. The zero-order valence-corrected chi connectivity index (χ0v) is 17.4. The molecule has 3 aromatic rings. The van der Waals surface area contributed by atoms with Gasteiger partial charge in [-0.3, -0.25) is 9.59 Å². The molecule has 2 heterocycles. The van der Waals surface area contributed by atoms with Crippen LogP contribution >= 0.6 is 11.8 Å². The van der Waals surface area contributed by atoms with Gasteiger partial charge in [0.05, 0.1) is 16.2 Å². The molecular weight excluding hydrogens is 372 g/mol. The molecule has 0 saturated carbocycles. The predicted molar refractivity (Wildman–Crippen MR) is 113 cm³/mol. The van der Waals surface area contributed by atoms with Gasteiger partial charge in [0.25, 0.3) is 5.56 Å². The van der Waals surface area contributed by atoms with Crippen molar-refractivity contribution in [1.29, 1.82) is 0 Å². The lowest BCUT2D eigenvalue weighted by molar-refractivity contribution is -0.129. The summed E-state index contributed by atoms with van der Waals surface area (Å²) in [7, 11) is 0. The van der Waals surface area contributed by atoms with Gasteiger partial charge in [0, 0.05) is 19.3 Å². The fourth-order valence-corrected chi connectivity index (χ4v) is 4.04. The lowest BCUT2D eigenvalue weighted by atomic mass is 10.2. The number of aryl methyl sites for hydroxylation is 1. The first kappa shape index (κ1) is 20.1. The molecule has 3 rings (SSSR count). The number of carbonyl (C=O) groups is 1. The molecule has 1 atom stereocenters. The zero-order valence-electron chi connectivity index (χ0n) is 16.5. The summed E-state index contributed by atoms with van der Waals surface area (Å²) in [6, 6.07) is 11.0. The molecule has 0 aliphatic heterocycles. The van der Waals surface area contributed by atoms with Crippen molar-refractivity contribution < 1.29 is 4.79 Å². The number of amides is 1. The Kier molecular flexibility index (Phi) is 6.14. The highest BCUT2D eigenvalue weighted by atomic mass is 32.2. The van der Waals surface area contributed by atoms with Gasteiger partial charge in [-0.25, -0.2) is 14.5 Å². The van der Waals surface area contributed by atoms with Gasteiger partial charge in [-0.1, -0.05) is 23.9 Å². The van der Waals surface area contributed by atoms with Gasteiger partial charge < -0.3 is 4.90 Å². The Bertz CT molecular complexity index is 1060. The van der Waals surface area contributed by atoms with Gasteiger partial charge in [0.1, 0.15) is 5.82 Å². The average molecular weight is 397 g/mol. The number of rotatable bonds is 6. The number of aromatic nitrogens is 3. The molecule has 2 aromatic heterocycles. The second-order valence-corrected chi connectivity index (χ2v) is 7.82. The van der Waals surface area contributed by atoms with E-state index in [1.807, 2.05) is 58.0 Å². The molecule has 0 N–H and O–H groups in total. The van der Waals surface area contributed by atoms with Crippen LogP contribution in [0.4, 0.5) is 0 Å². The van der Waals surface area contributed by atoms with Crippen LogP contribution in [0.5, 0.6) is 0 Å². The molecular formula is C21H24N4O2S. The summed E-state index contributed by atoms with van der Waals surface area (Å²) in [5.41, 5.74) is 1.42.